The van der Waals surface area contributed by atoms with Gasteiger partial charge in [0.15, 0.2) is 23.3 Å². The Balaban J connectivity index is 0.00000900. The van der Waals surface area contributed by atoms with Gasteiger partial charge in [-0.15, -0.1) is 0 Å². The Kier molecular flexibility index (Phi) is 8.37. The van der Waals surface area contributed by atoms with Crippen molar-refractivity contribution in [1.82, 2.24) is 0 Å². The van der Waals surface area contributed by atoms with Gasteiger partial charge in [-0.1, -0.05) is 11.1 Å². The Morgan fingerprint density at radius 3 is 1.26 bits per heavy atom. The molecule has 1 aromatic rings. The molecule has 0 spiro atoms. The van der Waals surface area contributed by atoms with Gasteiger partial charge in [-0.2, -0.15) is 58.8 Å². The fourth-order valence-corrected chi connectivity index (χ4v) is 2.03. The molecule has 31 heavy (non-hydrogen) atoms. The van der Waals surface area contributed by atoms with Gasteiger partial charge >= 0.3 is 41.8 Å². The van der Waals surface area contributed by atoms with Crippen molar-refractivity contribution in [2.75, 3.05) is 0 Å². The molecule has 0 heterocycles. The topological polar surface area (TPSA) is 0 Å². The number of alkyl halides is 12. The van der Waals surface area contributed by atoms with Crippen LogP contribution in [0.15, 0.2) is 17.2 Å². The molecule has 0 atom stereocenters. The quantitative estimate of drug-likeness (QED) is 0.126. The minimum absolute atomic E-state index is 0. The zero-order valence-corrected chi connectivity index (χ0v) is 14.4. The third-order valence-corrected chi connectivity index (χ3v) is 2.98. The second kappa shape index (κ2) is 8.92. The Morgan fingerprint density at radius 1 is 0.613 bits per heavy atom. The Labute approximate surface area is 170 Å². The molecule has 0 aliphatic rings. The summed E-state index contributed by atoms with van der Waals surface area (Å²) >= 11 is 0. The maximum Gasteiger partial charge on any atom is 1.00 e. The average molecular weight is 537 g/mol. The zero-order valence-electron chi connectivity index (χ0n) is 13.4. The average Bonchev–Trinajstić information content (AvgIpc) is 2.46. The minimum Gasteiger partial charge on any atom is -0.204 e. The molecule has 0 unspecified atom stereocenters. The molecule has 17 heteroatoms. The fraction of sp³-hybridized carbons (Fsp3) is 0.286. The molecule has 0 fully saturated rings. The first kappa shape index (κ1) is 29.1. The van der Waals surface area contributed by atoms with Gasteiger partial charge in [-0.05, 0) is 5.57 Å². The van der Waals surface area contributed by atoms with E-state index in [0.29, 0.717) is 0 Å². The van der Waals surface area contributed by atoms with Gasteiger partial charge in [-0.25, -0.2) is 17.6 Å². The SMILES string of the molecule is Fc1cc(F)c(F)c(/C(=C(\C(=[C-]C(F)(F)F)C(F)(F)F)C(F)(F)F)C(F)(F)F)c1F.[Cu+]. The number of rotatable bonds is 2. The Hall–Kier alpha value is -1.90. The van der Waals surface area contributed by atoms with E-state index in [0.717, 1.165) is 0 Å². The molecule has 1 rings (SSSR count). The molecule has 0 saturated carbocycles. The van der Waals surface area contributed by atoms with Crippen LogP contribution in [0.2, 0.25) is 0 Å². The molecule has 0 N–H and O–H groups in total. The van der Waals surface area contributed by atoms with Crippen LogP contribution >= 0.6 is 0 Å². The van der Waals surface area contributed by atoms with Gasteiger partial charge in [0.25, 0.3) is 0 Å². The van der Waals surface area contributed by atoms with E-state index in [1.807, 2.05) is 0 Å². The van der Waals surface area contributed by atoms with E-state index in [-0.39, 0.29) is 17.1 Å². The van der Waals surface area contributed by atoms with Crippen molar-refractivity contribution in [2.45, 2.75) is 24.7 Å². The summed E-state index contributed by atoms with van der Waals surface area (Å²) < 4.78 is 208. The summed E-state index contributed by atoms with van der Waals surface area (Å²) in [6.45, 7) is 0. The summed E-state index contributed by atoms with van der Waals surface area (Å²) in [5.41, 5.74) is -15.9. The maximum absolute atomic E-state index is 13.7. The third kappa shape index (κ3) is 6.79. The van der Waals surface area contributed by atoms with Gasteiger partial charge in [0.2, 0.25) is 0 Å². The van der Waals surface area contributed by atoms with Gasteiger partial charge in [0, 0.05) is 11.6 Å². The van der Waals surface area contributed by atoms with E-state index in [2.05, 4.69) is 0 Å². The smallest absolute Gasteiger partial charge is 0.204 e. The molecule has 0 aliphatic carbocycles. The third-order valence-electron chi connectivity index (χ3n) is 2.98. The summed E-state index contributed by atoms with van der Waals surface area (Å²) in [5.74, 6) is -12.0. The van der Waals surface area contributed by atoms with Crippen molar-refractivity contribution in [3.63, 3.8) is 0 Å². The summed E-state index contributed by atoms with van der Waals surface area (Å²) in [5, 5.41) is 0. The second-order valence-electron chi connectivity index (χ2n) is 5.08. The van der Waals surface area contributed by atoms with Crippen LogP contribution in [0.4, 0.5) is 70.2 Å². The first-order valence-corrected chi connectivity index (χ1v) is 6.60. The molecule has 0 aliphatic heterocycles. The van der Waals surface area contributed by atoms with Gasteiger partial charge in [0.05, 0.1) is 0 Å². The van der Waals surface area contributed by atoms with E-state index in [9.17, 15) is 70.2 Å². The first-order chi connectivity index (χ1) is 13.1. The van der Waals surface area contributed by atoms with Crippen molar-refractivity contribution < 1.29 is 87.3 Å². The molecule has 0 aromatic heterocycles. The van der Waals surface area contributed by atoms with Crippen LogP contribution in [0.3, 0.4) is 0 Å². The first-order valence-electron chi connectivity index (χ1n) is 6.60. The fourth-order valence-electron chi connectivity index (χ4n) is 2.03. The van der Waals surface area contributed by atoms with Crippen LogP contribution in [0.5, 0.6) is 0 Å². The van der Waals surface area contributed by atoms with E-state index in [1.165, 1.54) is 0 Å². The summed E-state index contributed by atoms with van der Waals surface area (Å²) in [6.07, 6.45) is -28.0. The standard InChI is InChI=1S/C14HF16.Cu/c15-4-1-5(16)10(18)6(9(4)17)8(14(28,29)30)7(13(25,26)27)3(12(22,23)24)2-11(19,20)21;/h1H;/q-1;+1/b8-7-;. The largest absolute Gasteiger partial charge is 1.00 e. The molecule has 0 nitrogen and oxygen atoms in total. The maximum atomic E-state index is 13.7. The van der Waals surface area contributed by atoms with Gasteiger partial charge in [-0.3, -0.25) is 0 Å². The van der Waals surface area contributed by atoms with Crippen LogP contribution in [0, 0.1) is 29.3 Å². The minimum atomic E-state index is -7.02. The summed E-state index contributed by atoms with van der Waals surface area (Å²) in [6, 6.07) is -0.794. The van der Waals surface area contributed by atoms with Crippen molar-refractivity contribution in [3.8, 4) is 0 Å². The molecule has 0 bridgehead atoms. The number of allylic oxidation sites excluding steroid dienone is 4. The predicted octanol–water partition coefficient (Wildman–Crippen LogP) is 6.97. The van der Waals surface area contributed by atoms with E-state index in [1.54, 1.807) is 0 Å². The molecular weight excluding hydrogens is 536 g/mol. The van der Waals surface area contributed by atoms with Crippen molar-refractivity contribution in [2.24, 2.45) is 0 Å². The second-order valence-corrected chi connectivity index (χ2v) is 5.08. The van der Waals surface area contributed by atoms with Crippen LogP contribution in [0.25, 0.3) is 5.57 Å². The van der Waals surface area contributed by atoms with Crippen LogP contribution in [0.1, 0.15) is 5.56 Å². The zero-order chi connectivity index (χ0) is 24.0. The number of benzene rings is 1. The molecule has 180 valence electrons. The van der Waals surface area contributed by atoms with E-state index >= 15 is 0 Å². The number of halogens is 16. The molecule has 0 radical (unpaired) electrons. The monoisotopic (exact) mass is 536 g/mol. The van der Waals surface area contributed by atoms with Gasteiger partial charge < -0.3 is 0 Å². The van der Waals surface area contributed by atoms with E-state index in [4.69, 9.17) is 0 Å². The number of hydrogen-bond donors (Lipinski definition) is 0. The predicted molar refractivity (Wildman–Crippen MR) is 64.2 cm³/mol. The molecule has 1 aromatic carbocycles. The molecular formula is C14HCuF16. The van der Waals surface area contributed by atoms with Crippen LogP contribution < -0.4 is 0 Å². The summed E-state index contributed by atoms with van der Waals surface area (Å²) in [4.78, 5) is 0. The Morgan fingerprint density at radius 2 is 1.00 bits per heavy atom. The van der Waals surface area contributed by atoms with Crippen LogP contribution in [-0.2, 0) is 17.1 Å². The van der Waals surface area contributed by atoms with Crippen molar-refractivity contribution in [3.05, 3.63) is 52.1 Å². The molecule has 0 saturated heterocycles. The van der Waals surface area contributed by atoms with Crippen molar-refractivity contribution >= 4 is 5.57 Å². The molecule has 0 amide bonds. The van der Waals surface area contributed by atoms with E-state index < -0.39 is 82.4 Å². The van der Waals surface area contributed by atoms with Gasteiger partial charge in [0.1, 0.15) is 0 Å². The number of hydrogen-bond acceptors (Lipinski definition) is 0. The van der Waals surface area contributed by atoms with Crippen molar-refractivity contribution in [1.29, 1.82) is 0 Å². The summed E-state index contributed by atoms with van der Waals surface area (Å²) in [7, 11) is 0. The van der Waals surface area contributed by atoms with Crippen LogP contribution in [-0.4, -0.2) is 24.7 Å². The Bertz CT molecular complexity index is 852. The normalized spacial score (nSPS) is 14.9.